The maximum atomic E-state index is 12.3. The number of carbonyl (C=O) groups is 1. The Hall–Kier alpha value is -2.14. The third kappa shape index (κ3) is 3.29. The van der Waals surface area contributed by atoms with E-state index in [1.165, 1.54) is 5.56 Å². The van der Waals surface area contributed by atoms with Gasteiger partial charge in [0.05, 0.1) is 0 Å². The van der Waals surface area contributed by atoms with Gasteiger partial charge in [0.1, 0.15) is 5.76 Å². The number of likely N-dealkylation sites (tertiary alicyclic amines) is 1. The average Bonchev–Trinajstić information content (AvgIpc) is 3.08. The Morgan fingerprint density at radius 1 is 1.48 bits per heavy atom. The molecule has 1 amide bonds. The quantitative estimate of drug-likeness (QED) is 0.943. The van der Waals surface area contributed by atoms with Crippen LogP contribution < -0.4 is 5.32 Å². The molecule has 1 aliphatic heterocycles. The van der Waals surface area contributed by atoms with Crippen LogP contribution in [0.3, 0.4) is 0 Å². The van der Waals surface area contributed by atoms with E-state index in [1.807, 2.05) is 32.2 Å². The first-order valence-electron chi connectivity index (χ1n) is 8.01. The molecule has 1 aliphatic rings. The zero-order valence-electron chi connectivity index (χ0n) is 13.9. The Kier molecular flexibility index (Phi) is 4.48. The maximum absolute atomic E-state index is 12.3. The third-order valence-electron chi connectivity index (χ3n) is 4.57. The molecule has 0 aliphatic carbocycles. The van der Waals surface area contributed by atoms with Gasteiger partial charge < -0.3 is 9.73 Å². The summed E-state index contributed by atoms with van der Waals surface area (Å²) in [4.78, 5) is 18.9. The summed E-state index contributed by atoms with van der Waals surface area (Å²) in [6.45, 7) is 5.42. The van der Waals surface area contributed by atoms with E-state index in [9.17, 15) is 4.79 Å². The number of aryl methyl sites for hydroxylation is 2. The monoisotopic (exact) mass is 313 g/mol. The molecule has 122 valence electrons. The number of furan rings is 1. The molecule has 0 saturated carbocycles. The van der Waals surface area contributed by atoms with Crippen molar-refractivity contribution in [2.45, 2.75) is 26.3 Å². The first kappa shape index (κ1) is 15.7. The molecule has 2 aromatic heterocycles. The minimum absolute atomic E-state index is 0.130. The average molecular weight is 313 g/mol. The van der Waals surface area contributed by atoms with E-state index >= 15 is 0 Å². The van der Waals surface area contributed by atoms with Crippen molar-refractivity contribution in [1.82, 2.24) is 15.2 Å². The molecule has 3 rings (SSSR count). The molecular formula is C18H23N3O2. The van der Waals surface area contributed by atoms with Gasteiger partial charge >= 0.3 is 0 Å². The first-order valence-corrected chi connectivity index (χ1v) is 8.01. The maximum Gasteiger partial charge on any atom is 0.287 e. The lowest BCUT2D eigenvalue weighted by Gasteiger charge is -2.25. The highest BCUT2D eigenvalue weighted by Gasteiger charge is 2.33. The van der Waals surface area contributed by atoms with Gasteiger partial charge in [0, 0.05) is 30.5 Å². The van der Waals surface area contributed by atoms with E-state index < -0.39 is 0 Å². The SMILES string of the molecule is Cc1cc(C)c(C(=O)NC[C@@H]2CCN(C)[C@H]2c2cccnc2)o1. The van der Waals surface area contributed by atoms with Crippen LogP contribution >= 0.6 is 0 Å². The summed E-state index contributed by atoms with van der Waals surface area (Å²) in [6.07, 6.45) is 4.77. The molecule has 0 radical (unpaired) electrons. The minimum atomic E-state index is -0.130. The third-order valence-corrected chi connectivity index (χ3v) is 4.57. The predicted octanol–water partition coefficient (Wildman–Crippen LogP) is 2.71. The summed E-state index contributed by atoms with van der Waals surface area (Å²) in [5, 5.41) is 3.04. The number of hydrogen-bond donors (Lipinski definition) is 1. The highest BCUT2D eigenvalue weighted by atomic mass is 16.3. The molecule has 3 heterocycles. The molecule has 0 unspecified atom stereocenters. The van der Waals surface area contributed by atoms with Gasteiger partial charge in [0.15, 0.2) is 5.76 Å². The standard InChI is InChI=1S/C18H23N3O2/c1-12-9-13(2)23-17(12)18(22)20-11-15-6-8-21(3)16(15)14-5-4-7-19-10-14/h4-5,7,9-10,15-16H,6,8,11H2,1-3H3,(H,20,22)/t15-,16-/m0/s1. The molecule has 0 bridgehead atoms. The minimum Gasteiger partial charge on any atom is -0.456 e. The van der Waals surface area contributed by atoms with Gasteiger partial charge in [0.2, 0.25) is 0 Å². The highest BCUT2D eigenvalue weighted by Crippen LogP contribution is 2.35. The van der Waals surface area contributed by atoms with Crippen molar-refractivity contribution in [1.29, 1.82) is 0 Å². The van der Waals surface area contributed by atoms with E-state index in [1.54, 1.807) is 6.20 Å². The molecule has 1 fully saturated rings. The van der Waals surface area contributed by atoms with Crippen molar-refractivity contribution in [3.8, 4) is 0 Å². The van der Waals surface area contributed by atoms with Gasteiger partial charge in [-0.25, -0.2) is 0 Å². The van der Waals surface area contributed by atoms with Crippen molar-refractivity contribution in [3.63, 3.8) is 0 Å². The summed E-state index contributed by atoms with van der Waals surface area (Å²) in [7, 11) is 2.12. The van der Waals surface area contributed by atoms with Crippen LogP contribution in [0.1, 0.15) is 39.9 Å². The van der Waals surface area contributed by atoms with Crippen LogP contribution in [-0.4, -0.2) is 35.9 Å². The molecule has 23 heavy (non-hydrogen) atoms. The Balaban J connectivity index is 1.67. The van der Waals surface area contributed by atoms with Crippen molar-refractivity contribution < 1.29 is 9.21 Å². The van der Waals surface area contributed by atoms with Gasteiger partial charge in [-0.2, -0.15) is 0 Å². The number of nitrogens with one attached hydrogen (secondary N) is 1. The van der Waals surface area contributed by atoms with Crippen molar-refractivity contribution in [2.24, 2.45) is 5.92 Å². The van der Waals surface area contributed by atoms with E-state index in [0.717, 1.165) is 24.3 Å². The zero-order valence-corrected chi connectivity index (χ0v) is 13.9. The topological polar surface area (TPSA) is 58.4 Å². The molecule has 5 nitrogen and oxygen atoms in total. The fourth-order valence-corrected chi connectivity index (χ4v) is 3.49. The number of carbonyl (C=O) groups excluding carboxylic acids is 1. The van der Waals surface area contributed by atoms with Crippen LogP contribution in [0.25, 0.3) is 0 Å². The fourth-order valence-electron chi connectivity index (χ4n) is 3.49. The van der Waals surface area contributed by atoms with Crippen LogP contribution in [0.2, 0.25) is 0 Å². The van der Waals surface area contributed by atoms with Crippen LogP contribution in [0.5, 0.6) is 0 Å². The largest absolute Gasteiger partial charge is 0.456 e. The fraction of sp³-hybridized carbons (Fsp3) is 0.444. The molecule has 2 aromatic rings. The number of amides is 1. The lowest BCUT2D eigenvalue weighted by atomic mass is 9.94. The van der Waals surface area contributed by atoms with Crippen molar-refractivity contribution in [3.05, 3.63) is 53.2 Å². The number of hydrogen-bond acceptors (Lipinski definition) is 4. The number of nitrogens with zero attached hydrogens (tertiary/aromatic N) is 2. The Morgan fingerprint density at radius 3 is 2.96 bits per heavy atom. The summed E-state index contributed by atoms with van der Waals surface area (Å²) >= 11 is 0. The summed E-state index contributed by atoms with van der Waals surface area (Å²) in [5.74, 6) is 1.44. The second kappa shape index (κ2) is 6.54. The lowest BCUT2D eigenvalue weighted by Crippen LogP contribution is -2.32. The van der Waals surface area contributed by atoms with E-state index in [4.69, 9.17) is 4.42 Å². The van der Waals surface area contributed by atoms with E-state index in [0.29, 0.717) is 24.3 Å². The summed E-state index contributed by atoms with van der Waals surface area (Å²) < 4.78 is 5.49. The Labute approximate surface area is 136 Å². The Bertz CT molecular complexity index is 681. The van der Waals surface area contributed by atoms with Crippen LogP contribution in [-0.2, 0) is 0 Å². The molecular weight excluding hydrogens is 290 g/mol. The van der Waals surface area contributed by atoms with Crippen LogP contribution in [0, 0.1) is 19.8 Å². The van der Waals surface area contributed by atoms with Crippen molar-refractivity contribution >= 4 is 5.91 Å². The first-order chi connectivity index (χ1) is 11.1. The summed E-state index contributed by atoms with van der Waals surface area (Å²) in [5.41, 5.74) is 2.09. The zero-order chi connectivity index (χ0) is 16.4. The van der Waals surface area contributed by atoms with E-state index in [2.05, 4.69) is 28.3 Å². The van der Waals surface area contributed by atoms with Gasteiger partial charge in [-0.1, -0.05) is 6.07 Å². The number of pyridine rings is 1. The molecule has 1 saturated heterocycles. The van der Waals surface area contributed by atoms with Gasteiger partial charge in [0.25, 0.3) is 5.91 Å². The molecule has 1 N–H and O–H groups in total. The highest BCUT2D eigenvalue weighted by molar-refractivity contribution is 5.92. The smallest absolute Gasteiger partial charge is 0.287 e. The van der Waals surface area contributed by atoms with Crippen LogP contribution in [0.15, 0.2) is 35.0 Å². The normalized spacial score (nSPS) is 21.5. The predicted molar refractivity (Wildman–Crippen MR) is 88.2 cm³/mol. The number of rotatable bonds is 4. The lowest BCUT2D eigenvalue weighted by molar-refractivity contribution is 0.0913. The molecule has 5 heteroatoms. The molecule has 0 spiro atoms. The van der Waals surface area contributed by atoms with Crippen molar-refractivity contribution in [2.75, 3.05) is 20.1 Å². The second-order valence-electron chi connectivity index (χ2n) is 6.34. The number of aromatic nitrogens is 1. The van der Waals surface area contributed by atoms with Gasteiger partial charge in [-0.15, -0.1) is 0 Å². The Morgan fingerprint density at radius 2 is 2.30 bits per heavy atom. The molecule has 0 aromatic carbocycles. The second-order valence-corrected chi connectivity index (χ2v) is 6.34. The van der Waals surface area contributed by atoms with E-state index in [-0.39, 0.29) is 5.91 Å². The summed E-state index contributed by atoms with van der Waals surface area (Å²) in [6, 6.07) is 6.25. The molecule has 2 atom stereocenters. The van der Waals surface area contributed by atoms with Gasteiger partial charge in [-0.3, -0.25) is 14.7 Å². The van der Waals surface area contributed by atoms with Gasteiger partial charge in [-0.05, 0) is 57.5 Å². The van der Waals surface area contributed by atoms with Crippen LogP contribution in [0.4, 0.5) is 0 Å².